The molecule has 660 valence electrons. The van der Waals surface area contributed by atoms with Gasteiger partial charge in [-0.25, -0.2) is 4.79 Å². The number of hydrogen-bond acceptors (Lipinski definition) is 21. The van der Waals surface area contributed by atoms with Gasteiger partial charge in [-0.3, -0.25) is 77.3 Å². The Labute approximate surface area is 688 Å². The molecule has 0 unspecified atom stereocenters. The average Bonchev–Trinajstić information content (AvgIpc) is 1.61. The van der Waals surface area contributed by atoms with Gasteiger partial charge in [0.25, 0.3) is 5.97 Å². The van der Waals surface area contributed by atoms with Crippen LogP contribution in [-0.4, -0.2) is 240 Å². The van der Waals surface area contributed by atoms with E-state index in [2.05, 4.69) is 73.5 Å². The first-order valence-electron chi connectivity index (χ1n) is 39.9. The lowest BCUT2D eigenvalue weighted by Crippen LogP contribution is -2.61. The van der Waals surface area contributed by atoms with Crippen LogP contribution in [0.2, 0.25) is 0 Å². The second-order valence-electron chi connectivity index (χ2n) is 29.8. The number of amides is 12. The van der Waals surface area contributed by atoms with Crippen LogP contribution in [0.15, 0.2) is 69.6 Å². The van der Waals surface area contributed by atoms with Gasteiger partial charge in [-0.2, -0.15) is 0 Å². The molecule has 1 saturated heterocycles. The Morgan fingerprint density at radius 1 is 0.466 bits per heavy atom. The van der Waals surface area contributed by atoms with Crippen molar-refractivity contribution in [2.45, 2.75) is 237 Å². The molecule has 32 N–H and O–H groups in total. The van der Waals surface area contributed by atoms with Gasteiger partial charge in [0.05, 0.1) is 19.1 Å². The predicted molar refractivity (Wildman–Crippen MR) is 443 cm³/mol. The van der Waals surface area contributed by atoms with E-state index in [1.807, 2.05) is 13.8 Å². The molecule has 0 saturated carbocycles. The lowest BCUT2D eigenvalue weighted by molar-refractivity contribution is -0.143. The second kappa shape index (κ2) is 56.0. The minimum atomic E-state index is -1.48. The van der Waals surface area contributed by atoms with Crippen molar-refractivity contribution >= 4 is 101 Å². The van der Waals surface area contributed by atoms with Crippen molar-refractivity contribution in [1.29, 1.82) is 0 Å². The number of nitrogens with one attached hydrogen (secondary N) is 11. The maximum Gasteiger partial charge on any atom is 0.326 e. The smallest absolute Gasteiger partial charge is 0.326 e. The number of hydrogen-bond donors (Lipinski definition) is 23. The van der Waals surface area contributed by atoms with Crippen LogP contribution < -0.4 is 110 Å². The summed E-state index contributed by atoms with van der Waals surface area (Å²) in [6, 6.07) is 0.244. The van der Waals surface area contributed by atoms with Crippen LogP contribution in [0.5, 0.6) is 5.75 Å². The van der Waals surface area contributed by atoms with Crippen LogP contribution in [0.25, 0.3) is 0 Å². The summed E-state index contributed by atoms with van der Waals surface area (Å²) < 4.78 is 0. The molecule has 0 bridgehead atoms. The molecule has 12 atom stereocenters. The third-order valence-corrected chi connectivity index (χ3v) is 18.7. The molecular formula is C77H130N24O17. The van der Waals surface area contributed by atoms with E-state index in [1.54, 1.807) is 70.2 Å². The van der Waals surface area contributed by atoms with Crippen LogP contribution in [0, 0.1) is 17.8 Å². The number of rotatable bonds is 54. The topological polar surface area (TPSA) is 706 Å². The summed E-state index contributed by atoms with van der Waals surface area (Å²) in [7, 11) is 0. The van der Waals surface area contributed by atoms with E-state index < -0.39 is 168 Å². The highest BCUT2D eigenvalue weighted by Crippen LogP contribution is 2.23. The SMILES string of the molecule is CC(=O)O.CC[C@H](C)[C@H](NC(=O)[C@H](CCCN=C(N)N)NC(=O)[C@H](CCCN=C(N)N)NC(=O)[C@H](CC(C)C)NC(=O)[C@H](Cc1ccccc1)NC(=O)CNC(=O)CNC(=O)[C@@H](N)Cc1ccc(O)cc1)C(=O)N[C@@H](CCCN=C(N)N)C(=O)N1CCC[C@H]1C(=O)N[C@@H](CCCCN)C(=O)N[C@@H](CC(C)C)C(=O)N[C@@H](CCCCN)C(=O)O. The number of carbonyl (C=O) groups excluding carboxylic acids is 12. The lowest BCUT2D eigenvalue weighted by atomic mass is 9.96. The fourth-order valence-corrected chi connectivity index (χ4v) is 12.4. The first-order valence-corrected chi connectivity index (χ1v) is 39.9. The Morgan fingerprint density at radius 3 is 1.34 bits per heavy atom. The normalized spacial score (nSPS) is 15.0. The molecule has 0 aromatic heterocycles. The summed E-state index contributed by atoms with van der Waals surface area (Å²) >= 11 is 0. The van der Waals surface area contributed by atoms with E-state index >= 15 is 4.79 Å². The highest BCUT2D eigenvalue weighted by atomic mass is 16.4. The first kappa shape index (κ1) is 103. The number of carboxylic acid groups (broad SMARTS) is 2. The summed E-state index contributed by atoms with van der Waals surface area (Å²) in [6.07, 6.45) is 2.67. The summed E-state index contributed by atoms with van der Waals surface area (Å²) in [5.74, 6) is -13.4. The number of aromatic hydroxyl groups is 1. The monoisotopic (exact) mass is 1660 g/mol. The van der Waals surface area contributed by atoms with Gasteiger partial charge in [-0.1, -0.05) is 90.4 Å². The standard InChI is InChI=1S/C75H126N24O15.C2H4O2/c1-7-45(6)61(70(111)94-53(25-17-35-87-75(83)84)71(112)99-36-18-26-58(99)69(110)93-50(21-11-13-31-76)64(105)96-56(38-44(4)5)67(108)95-54(72(113)114)22-12-14-32-77)98-65(106)52(24-16-34-86-74(81)82)91-63(104)51(23-15-33-85-73(79)80)92-66(107)55(37-43(2)3)97-68(109)57(40-46-19-9-8-10-20-46)90-60(102)42-88-59(101)41-89-62(103)49(78)39-47-27-29-48(100)30-28-47;1-2(3)4/h8-10,19-20,27-30,43-45,49-58,61,100H,7,11-18,21-26,31-42,76-78H2,1-6H3,(H,88,101)(H,89,103)(H,90,102)(H,91,104)(H,92,107)(H,93,110)(H,94,111)(H,95,108)(H,96,105)(H,97,109)(H,98,106)(H,113,114)(H4,79,80,85)(H4,81,82,86)(H4,83,84,87);1H3,(H,3,4)/t45-,49-,50-,51-,52-,53-,54-,55-,56-,57-,58-,61-;/m0./s1. The Kier molecular flexibility index (Phi) is 48.6. The van der Waals surface area contributed by atoms with E-state index in [0.29, 0.717) is 49.8 Å². The number of carboxylic acids is 2. The van der Waals surface area contributed by atoms with Crippen LogP contribution in [0.4, 0.5) is 0 Å². The molecule has 0 radical (unpaired) electrons. The number of carbonyl (C=O) groups is 14. The Morgan fingerprint density at radius 2 is 0.873 bits per heavy atom. The van der Waals surface area contributed by atoms with Crippen molar-refractivity contribution in [3.8, 4) is 5.75 Å². The summed E-state index contributed by atoms with van der Waals surface area (Å²) in [5, 5.41) is 56.2. The Hall–Kier alpha value is -11.5. The van der Waals surface area contributed by atoms with Gasteiger partial charge >= 0.3 is 5.97 Å². The molecule has 1 fully saturated rings. The zero-order chi connectivity index (χ0) is 88.6. The van der Waals surface area contributed by atoms with Crippen molar-refractivity contribution < 1.29 is 82.4 Å². The maximum atomic E-state index is 15.1. The molecule has 2 aromatic carbocycles. The number of aliphatic imine (C=N–C) groups is 3. The van der Waals surface area contributed by atoms with Crippen molar-refractivity contribution in [3.63, 3.8) is 0 Å². The third kappa shape index (κ3) is 41.9. The molecule has 0 aliphatic carbocycles. The fourth-order valence-electron chi connectivity index (χ4n) is 12.4. The quantitative estimate of drug-likeness (QED) is 0.0170. The van der Waals surface area contributed by atoms with Gasteiger partial charge in [0, 0.05) is 39.5 Å². The van der Waals surface area contributed by atoms with Crippen molar-refractivity contribution in [2.24, 2.45) is 84.3 Å². The zero-order valence-corrected chi connectivity index (χ0v) is 68.9. The number of nitrogens with two attached hydrogens (primary N) is 9. The van der Waals surface area contributed by atoms with Crippen molar-refractivity contribution in [2.75, 3.05) is 52.4 Å². The molecule has 118 heavy (non-hydrogen) atoms. The predicted octanol–water partition coefficient (Wildman–Crippen LogP) is -4.18. The highest BCUT2D eigenvalue weighted by molar-refractivity contribution is 6.00. The average molecular weight is 1660 g/mol. The van der Waals surface area contributed by atoms with Gasteiger partial charge in [0.15, 0.2) is 17.9 Å². The molecule has 0 spiro atoms. The molecule has 12 amide bonds. The third-order valence-electron chi connectivity index (χ3n) is 18.7. The maximum absolute atomic E-state index is 15.1. The van der Waals surface area contributed by atoms with E-state index in [-0.39, 0.29) is 158 Å². The first-order chi connectivity index (χ1) is 55.8. The highest BCUT2D eigenvalue weighted by Gasteiger charge is 2.42. The van der Waals surface area contributed by atoms with Gasteiger partial charge in [0.1, 0.15) is 66.2 Å². The minimum absolute atomic E-state index is 0.00479. The largest absolute Gasteiger partial charge is 0.508 e. The number of aliphatic carboxylic acids is 2. The van der Waals surface area contributed by atoms with Crippen LogP contribution in [0.1, 0.15) is 169 Å². The summed E-state index contributed by atoms with van der Waals surface area (Å²) in [6.45, 7) is 11.1. The molecule has 1 heterocycles. The number of likely N-dealkylation sites (tertiary alicyclic amines) is 1. The van der Waals surface area contributed by atoms with E-state index in [1.165, 1.54) is 17.0 Å². The Balaban J connectivity index is 0.0000115. The van der Waals surface area contributed by atoms with E-state index in [9.17, 15) is 67.7 Å². The lowest BCUT2D eigenvalue weighted by Gasteiger charge is -2.32. The van der Waals surface area contributed by atoms with E-state index in [4.69, 9.17) is 61.5 Å². The van der Waals surface area contributed by atoms with Crippen molar-refractivity contribution in [3.05, 3.63) is 65.7 Å². The zero-order valence-electron chi connectivity index (χ0n) is 68.9. The number of phenols is 1. The van der Waals surface area contributed by atoms with E-state index in [0.717, 1.165) is 6.92 Å². The molecule has 1 aliphatic heterocycles. The summed E-state index contributed by atoms with van der Waals surface area (Å²) in [5.41, 5.74) is 52.6. The van der Waals surface area contributed by atoms with Crippen LogP contribution in [-0.2, 0) is 80.0 Å². The van der Waals surface area contributed by atoms with Crippen LogP contribution >= 0.6 is 0 Å². The van der Waals surface area contributed by atoms with Gasteiger partial charge in [-0.05, 0) is 163 Å². The molecule has 41 nitrogen and oxygen atoms in total. The van der Waals surface area contributed by atoms with Crippen molar-refractivity contribution in [1.82, 2.24) is 63.4 Å². The molecule has 2 aromatic rings. The Bertz CT molecular complexity index is 3630. The van der Waals surface area contributed by atoms with Gasteiger partial charge in [-0.15, -0.1) is 0 Å². The molecule has 41 heteroatoms. The number of phenolic OH excluding ortho intramolecular Hbond substituents is 1. The molecule has 1 aliphatic rings. The molecule has 3 rings (SSSR count). The van der Waals surface area contributed by atoms with Gasteiger partial charge < -0.3 is 130 Å². The minimum Gasteiger partial charge on any atom is -0.508 e. The fraction of sp³-hybridized carbons (Fsp3) is 0.623. The number of benzene rings is 2. The van der Waals surface area contributed by atoms with Gasteiger partial charge in [0.2, 0.25) is 70.9 Å². The number of nitrogens with zero attached hydrogens (tertiary/aromatic N) is 4. The van der Waals surface area contributed by atoms with Crippen LogP contribution in [0.3, 0.4) is 0 Å². The summed E-state index contributed by atoms with van der Waals surface area (Å²) in [4.78, 5) is 205. The second-order valence-corrected chi connectivity index (χ2v) is 29.8. The number of guanidine groups is 3. The number of unbranched alkanes of at least 4 members (excludes halogenated alkanes) is 2. The molecular weight excluding hydrogens is 1530 g/mol.